The first-order valence-corrected chi connectivity index (χ1v) is 7.01. The van der Waals surface area contributed by atoms with Crippen molar-refractivity contribution in [1.82, 2.24) is 29.3 Å². The first kappa shape index (κ1) is 12.0. The van der Waals surface area contributed by atoms with Crippen LogP contribution >= 0.6 is 23.1 Å². The number of halogens is 1. The highest BCUT2D eigenvalue weighted by Crippen LogP contribution is 2.24. The van der Waals surface area contributed by atoms with Crippen molar-refractivity contribution in [3.05, 3.63) is 22.7 Å². The topological polar surface area (TPSA) is 59.7 Å². The number of rotatable bonds is 4. The van der Waals surface area contributed by atoms with Crippen LogP contribution in [0.4, 0.5) is 0 Å². The smallest absolute Gasteiger partial charge is 0.138 e. The van der Waals surface area contributed by atoms with Gasteiger partial charge in [0.1, 0.15) is 22.7 Å². The van der Waals surface area contributed by atoms with Crippen LogP contribution in [0.1, 0.15) is 18.5 Å². The monoisotopic (exact) mass is 284 g/mol. The summed E-state index contributed by atoms with van der Waals surface area (Å²) < 4.78 is 6.44. The largest absolute Gasteiger partial charge is 0.293 e. The molecule has 1 aliphatic rings. The number of nitrogens with zero attached hydrogens (tertiary/aromatic N) is 6. The maximum atomic E-state index is 6.05. The second-order valence-electron chi connectivity index (χ2n) is 4.38. The molecule has 1 aliphatic heterocycles. The van der Waals surface area contributed by atoms with Crippen molar-refractivity contribution < 1.29 is 0 Å². The number of likely N-dealkylation sites (tertiary alicyclic amines) is 1. The average Bonchev–Trinajstić information content (AvgIpc) is 3.06. The Hall–Kier alpha value is -1.05. The molecule has 0 radical (unpaired) electrons. The van der Waals surface area contributed by atoms with Gasteiger partial charge >= 0.3 is 0 Å². The second-order valence-corrected chi connectivity index (χ2v) is 5.73. The van der Waals surface area contributed by atoms with Crippen LogP contribution in [-0.4, -0.2) is 41.8 Å². The third-order valence-electron chi connectivity index (χ3n) is 3.23. The summed E-state index contributed by atoms with van der Waals surface area (Å²) in [6.07, 6.45) is 5.71. The fourth-order valence-electron chi connectivity index (χ4n) is 2.34. The van der Waals surface area contributed by atoms with E-state index in [1.54, 1.807) is 12.7 Å². The molecule has 0 unspecified atom stereocenters. The van der Waals surface area contributed by atoms with E-state index in [0.29, 0.717) is 10.4 Å². The van der Waals surface area contributed by atoms with E-state index in [0.717, 1.165) is 25.3 Å². The average molecular weight is 285 g/mol. The summed E-state index contributed by atoms with van der Waals surface area (Å²) in [4.78, 5) is 6.36. The molecule has 1 atom stereocenters. The Morgan fingerprint density at radius 2 is 2.44 bits per heavy atom. The molecule has 0 bridgehead atoms. The molecule has 18 heavy (non-hydrogen) atoms. The molecule has 96 valence electrons. The molecule has 0 saturated carbocycles. The summed E-state index contributed by atoms with van der Waals surface area (Å²) in [7, 11) is 0. The first-order valence-electron chi connectivity index (χ1n) is 5.86. The highest BCUT2D eigenvalue weighted by atomic mass is 35.5. The van der Waals surface area contributed by atoms with Gasteiger partial charge in [0.2, 0.25) is 0 Å². The molecular formula is C10H13ClN6S. The molecule has 0 aromatic carbocycles. The standard InChI is InChI=1S/C10H13ClN6S/c11-10-9(14-15-18-10)5-16-3-1-2-8(16)4-17-7-12-6-13-17/h6-8H,1-5H2/t8-/m1/s1. The Labute approximate surface area is 114 Å². The van der Waals surface area contributed by atoms with Crippen LogP contribution < -0.4 is 0 Å². The molecule has 2 aromatic rings. The van der Waals surface area contributed by atoms with Gasteiger partial charge in [-0.05, 0) is 19.4 Å². The van der Waals surface area contributed by atoms with E-state index in [2.05, 4.69) is 24.6 Å². The van der Waals surface area contributed by atoms with Gasteiger partial charge in [0.25, 0.3) is 0 Å². The molecular weight excluding hydrogens is 272 g/mol. The quantitative estimate of drug-likeness (QED) is 0.850. The molecule has 0 spiro atoms. The van der Waals surface area contributed by atoms with Crippen LogP contribution in [0.25, 0.3) is 0 Å². The van der Waals surface area contributed by atoms with E-state index in [4.69, 9.17) is 11.6 Å². The lowest BCUT2D eigenvalue weighted by molar-refractivity contribution is 0.216. The summed E-state index contributed by atoms with van der Waals surface area (Å²) in [5.74, 6) is 0. The molecule has 1 fully saturated rings. The van der Waals surface area contributed by atoms with E-state index in [9.17, 15) is 0 Å². The third kappa shape index (κ3) is 2.52. The Kier molecular flexibility index (Phi) is 3.53. The third-order valence-corrected chi connectivity index (χ3v) is 4.21. The normalized spacial score (nSPS) is 20.6. The summed E-state index contributed by atoms with van der Waals surface area (Å²) in [5.41, 5.74) is 0.882. The van der Waals surface area contributed by atoms with Gasteiger partial charge in [0.15, 0.2) is 0 Å². The molecule has 2 aromatic heterocycles. The summed E-state index contributed by atoms with van der Waals surface area (Å²) in [6, 6.07) is 0.476. The Bertz CT molecular complexity index is 498. The molecule has 0 N–H and O–H groups in total. The van der Waals surface area contributed by atoms with Crippen molar-refractivity contribution >= 4 is 23.1 Å². The van der Waals surface area contributed by atoms with Gasteiger partial charge in [-0.2, -0.15) is 5.10 Å². The van der Waals surface area contributed by atoms with Crippen molar-refractivity contribution in [2.45, 2.75) is 32.0 Å². The highest BCUT2D eigenvalue weighted by molar-refractivity contribution is 7.10. The fraction of sp³-hybridized carbons (Fsp3) is 0.600. The molecule has 8 heteroatoms. The molecule has 6 nitrogen and oxygen atoms in total. The van der Waals surface area contributed by atoms with Crippen molar-refractivity contribution in [3.63, 3.8) is 0 Å². The maximum absolute atomic E-state index is 6.05. The van der Waals surface area contributed by atoms with Crippen LogP contribution in [-0.2, 0) is 13.1 Å². The van der Waals surface area contributed by atoms with E-state index in [1.165, 1.54) is 24.4 Å². The molecule has 1 saturated heterocycles. The molecule has 3 heterocycles. The van der Waals surface area contributed by atoms with Gasteiger partial charge in [0.05, 0.1) is 6.54 Å². The highest BCUT2D eigenvalue weighted by Gasteiger charge is 2.26. The minimum atomic E-state index is 0.476. The van der Waals surface area contributed by atoms with Crippen molar-refractivity contribution in [3.8, 4) is 0 Å². The van der Waals surface area contributed by atoms with E-state index < -0.39 is 0 Å². The minimum absolute atomic E-state index is 0.476. The van der Waals surface area contributed by atoms with Crippen LogP contribution in [0.2, 0.25) is 4.34 Å². The number of hydrogen-bond acceptors (Lipinski definition) is 6. The summed E-state index contributed by atoms with van der Waals surface area (Å²) >= 11 is 7.29. The first-order chi connectivity index (χ1) is 8.83. The second kappa shape index (κ2) is 5.29. The van der Waals surface area contributed by atoms with Gasteiger partial charge in [-0.15, -0.1) is 5.10 Å². The summed E-state index contributed by atoms with van der Waals surface area (Å²) in [6.45, 7) is 2.72. The van der Waals surface area contributed by atoms with Crippen molar-refractivity contribution in [2.24, 2.45) is 0 Å². The van der Waals surface area contributed by atoms with E-state index >= 15 is 0 Å². The van der Waals surface area contributed by atoms with Crippen LogP contribution in [0.5, 0.6) is 0 Å². The lowest BCUT2D eigenvalue weighted by Gasteiger charge is -2.23. The van der Waals surface area contributed by atoms with Gasteiger partial charge in [0, 0.05) is 24.1 Å². The zero-order valence-electron chi connectivity index (χ0n) is 9.74. The van der Waals surface area contributed by atoms with Crippen molar-refractivity contribution in [1.29, 1.82) is 0 Å². The number of hydrogen-bond donors (Lipinski definition) is 0. The zero-order chi connectivity index (χ0) is 12.4. The minimum Gasteiger partial charge on any atom is -0.293 e. The predicted octanol–water partition coefficient (Wildman–Crippen LogP) is 1.45. The van der Waals surface area contributed by atoms with Gasteiger partial charge < -0.3 is 0 Å². The molecule has 3 rings (SSSR count). The van der Waals surface area contributed by atoms with Gasteiger partial charge in [-0.3, -0.25) is 9.58 Å². The van der Waals surface area contributed by atoms with E-state index in [1.807, 2.05) is 4.68 Å². The van der Waals surface area contributed by atoms with Crippen molar-refractivity contribution in [2.75, 3.05) is 6.54 Å². The summed E-state index contributed by atoms with van der Waals surface area (Å²) in [5, 5.41) is 8.23. The Morgan fingerprint density at radius 1 is 1.50 bits per heavy atom. The Morgan fingerprint density at radius 3 is 3.17 bits per heavy atom. The fourth-order valence-corrected chi connectivity index (χ4v) is 2.95. The molecule has 0 aliphatic carbocycles. The van der Waals surface area contributed by atoms with Gasteiger partial charge in [-0.1, -0.05) is 16.1 Å². The van der Waals surface area contributed by atoms with Crippen LogP contribution in [0, 0.1) is 0 Å². The maximum Gasteiger partial charge on any atom is 0.138 e. The lowest BCUT2D eigenvalue weighted by atomic mass is 10.2. The number of aromatic nitrogens is 5. The van der Waals surface area contributed by atoms with Crippen LogP contribution in [0.3, 0.4) is 0 Å². The lowest BCUT2D eigenvalue weighted by Crippen LogP contribution is -2.32. The van der Waals surface area contributed by atoms with Gasteiger partial charge in [-0.25, -0.2) is 4.98 Å². The Balaban J connectivity index is 1.66. The predicted molar refractivity (Wildman–Crippen MR) is 68.4 cm³/mol. The SMILES string of the molecule is Clc1snnc1CN1CCC[C@@H]1Cn1cncn1. The van der Waals surface area contributed by atoms with E-state index in [-0.39, 0.29) is 0 Å². The van der Waals surface area contributed by atoms with Crippen LogP contribution in [0.15, 0.2) is 12.7 Å². The zero-order valence-corrected chi connectivity index (χ0v) is 11.3. The molecule has 0 amide bonds.